The topological polar surface area (TPSA) is 49.6 Å². The number of furan rings is 1. The van der Waals surface area contributed by atoms with Crippen LogP contribution in [0, 0.1) is 0 Å². The normalized spacial score (nSPS) is 21.1. The number of hydrogen-bond donors (Lipinski definition) is 2. The van der Waals surface area contributed by atoms with Gasteiger partial charge in [-0.05, 0) is 40.5 Å². The summed E-state index contributed by atoms with van der Waals surface area (Å²) in [7, 11) is 0. The van der Waals surface area contributed by atoms with E-state index in [0.717, 1.165) is 38.9 Å². The lowest BCUT2D eigenvalue weighted by Crippen LogP contribution is -2.49. The molecule has 4 atom stereocenters. The summed E-state index contributed by atoms with van der Waals surface area (Å²) >= 11 is 3.87. The summed E-state index contributed by atoms with van der Waals surface area (Å²) in [6.45, 7) is 0. The van der Waals surface area contributed by atoms with Crippen LogP contribution in [0.3, 0.4) is 0 Å². The standard InChI is InChI=1S/C45H31N3OS2/c1-2-10-26(11-3-1)43-46-44(48-45(47-43)36-17-9-15-34-30-12-4-6-18-37(30)49-41(34)36)28-21-23-33-32-22-20-27(24-39(32)50-40(33)25-28)29-14-8-16-35-31-13-5-7-19-38(31)51-42(29)35/h1-25,33,40,44-45,48H,(H,46,47). The number of allylic oxidation sites excluding steroid dienone is 1. The van der Waals surface area contributed by atoms with Crippen LogP contribution < -0.4 is 10.6 Å². The molecule has 0 bridgehead atoms. The number of amidine groups is 1. The highest BCUT2D eigenvalue weighted by atomic mass is 32.2. The number of nitrogens with zero attached hydrogens (tertiary/aromatic N) is 1. The zero-order chi connectivity index (χ0) is 33.5. The largest absolute Gasteiger partial charge is 0.456 e. The molecule has 0 spiro atoms. The third kappa shape index (κ3) is 4.75. The summed E-state index contributed by atoms with van der Waals surface area (Å²) in [5.41, 5.74) is 9.11. The Morgan fingerprint density at radius 1 is 0.667 bits per heavy atom. The molecule has 51 heavy (non-hydrogen) atoms. The molecule has 2 aromatic heterocycles. The van der Waals surface area contributed by atoms with Crippen molar-refractivity contribution in [2.45, 2.75) is 28.4 Å². The second-order valence-electron chi connectivity index (χ2n) is 13.5. The highest BCUT2D eigenvalue weighted by molar-refractivity contribution is 8.00. The van der Waals surface area contributed by atoms with Crippen LogP contribution in [0.5, 0.6) is 0 Å². The molecular weight excluding hydrogens is 663 g/mol. The van der Waals surface area contributed by atoms with Crippen LogP contribution >= 0.6 is 23.1 Å². The van der Waals surface area contributed by atoms with Gasteiger partial charge in [0.1, 0.15) is 29.3 Å². The number of benzene rings is 6. The van der Waals surface area contributed by atoms with Gasteiger partial charge in [-0.1, -0.05) is 133 Å². The number of thiophene rings is 1. The lowest BCUT2D eigenvalue weighted by molar-refractivity contribution is 0.432. The molecule has 0 fully saturated rings. The molecular formula is C45H31N3OS2. The Labute approximate surface area is 303 Å². The van der Waals surface area contributed by atoms with Crippen LogP contribution in [0.1, 0.15) is 28.8 Å². The van der Waals surface area contributed by atoms with Crippen molar-refractivity contribution < 1.29 is 4.42 Å². The molecule has 4 unspecified atom stereocenters. The van der Waals surface area contributed by atoms with E-state index in [-0.39, 0.29) is 12.3 Å². The fourth-order valence-electron chi connectivity index (χ4n) is 8.07. The van der Waals surface area contributed by atoms with Crippen LogP contribution in [0.4, 0.5) is 0 Å². The first kappa shape index (κ1) is 29.3. The predicted molar refractivity (Wildman–Crippen MR) is 214 cm³/mol. The van der Waals surface area contributed by atoms with Crippen molar-refractivity contribution in [1.82, 2.24) is 10.6 Å². The summed E-state index contributed by atoms with van der Waals surface area (Å²) < 4.78 is 9.18. The molecule has 244 valence electrons. The maximum Gasteiger partial charge on any atom is 0.142 e. The molecule has 0 radical (unpaired) electrons. The molecule has 0 saturated carbocycles. The molecule has 2 N–H and O–H groups in total. The summed E-state index contributed by atoms with van der Waals surface area (Å²) in [6, 6.07) is 47.7. The molecule has 8 aromatic rings. The molecule has 3 aliphatic rings. The highest BCUT2D eigenvalue weighted by Gasteiger charge is 2.35. The van der Waals surface area contributed by atoms with Crippen molar-refractivity contribution in [2.75, 3.05) is 0 Å². The van der Waals surface area contributed by atoms with Crippen molar-refractivity contribution in [2.24, 2.45) is 4.99 Å². The van der Waals surface area contributed by atoms with Crippen LogP contribution in [0.25, 0.3) is 53.2 Å². The Morgan fingerprint density at radius 2 is 1.47 bits per heavy atom. The first-order valence-electron chi connectivity index (χ1n) is 17.4. The summed E-state index contributed by atoms with van der Waals surface area (Å²) in [4.78, 5) is 6.64. The maximum absolute atomic E-state index is 6.48. The van der Waals surface area contributed by atoms with Gasteiger partial charge < -0.3 is 9.73 Å². The lowest BCUT2D eigenvalue weighted by Gasteiger charge is -2.33. The summed E-state index contributed by atoms with van der Waals surface area (Å²) in [6.07, 6.45) is 6.69. The minimum absolute atomic E-state index is 0.202. The van der Waals surface area contributed by atoms with Gasteiger partial charge in [-0.2, -0.15) is 0 Å². The summed E-state index contributed by atoms with van der Waals surface area (Å²) in [5.74, 6) is 1.21. The van der Waals surface area contributed by atoms with Crippen molar-refractivity contribution >= 4 is 71.0 Å². The monoisotopic (exact) mass is 693 g/mol. The van der Waals surface area contributed by atoms with E-state index in [1.54, 1.807) is 0 Å². The van der Waals surface area contributed by atoms with Crippen LogP contribution in [0.2, 0.25) is 0 Å². The number of aliphatic imine (C=N–C) groups is 1. The smallest absolute Gasteiger partial charge is 0.142 e. The van der Waals surface area contributed by atoms with Gasteiger partial charge in [0.05, 0.1) is 0 Å². The molecule has 6 heteroatoms. The van der Waals surface area contributed by atoms with E-state index in [0.29, 0.717) is 11.2 Å². The number of rotatable bonds is 4. The van der Waals surface area contributed by atoms with Crippen LogP contribution in [-0.2, 0) is 0 Å². The van der Waals surface area contributed by atoms with Gasteiger partial charge in [-0.3, -0.25) is 5.32 Å². The minimum atomic E-state index is -0.228. The van der Waals surface area contributed by atoms with Crippen molar-refractivity contribution in [3.8, 4) is 11.1 Å². The van der Waals surface area contributed by atoms with Crippen LogP contribution in [-0.4, -0.2) is 17.3 Å². The Balaban J connectivity index is 0.942. The Hall–Kier alpha value is -5.40. The zero-order valence-corrected chi connectivity index (χ0v) is 29.0. The first-order valence-corrected chi connectivity index (χ1v) is 19.1. The Kier molecular flexibility index (Phi) is 6.66. The average molecular weight is 694 g/mol. The molecule has 6 aromatic carbocycles. The van der Waals surface area contributed by atoms with E-state index < -0.39 is 0 Å². The van der Waals surface area contributed by atoms with Crippen molar-refractivity contribution in [3.63, 3.8) is 0 Å². The molecule has 4 nitrogen and oxygen atoms in total. The quantitative estimate of drug-likeness (QED) is 0.193. The Bertz CT molecular complexity index is 2770. The van der Waals surface area contributed by atoms with E-state index in [1.807, 2.05) is 41.3 Å². The van der Waals surface area contributed by atoms with E-state index in [4.69, 9.17) is 9.41 Å². The van der Waals surface area contributed by atoms with Crippen molar-refractivity contribution in [1.29, 1.82) is 0 Å². The van der Waals surface area contributed by atoms with Gasteiger partial charge in [0.15, 0.2) is 0 Å². The van der Waals surface area contributed by atoms with Gasteiger partial charge >= 0.3 is 0 Å². The first-order chi connectivity index (χ1) is 25.2. The van der Waals surface area contributed by atoms with E-state index in [9.17, 15) is 0 Å². The minimum Gasteiger partial charge on any atom is -0.456 e. The maximum atomic E-state index is 6.48. The SMILES string of the molecule is C1=CC2c3ccc(-c4cccc5c4sc4ccccc45)cc3SC2C=C1C1N=C(c2ccccc2)NC(c2cccc3c2oc2ccccc23)N1. The number of hydrogen-bond acceptors (Lipinski definition) is 6. The van der Waals surface area contributed by atoms with Gasteiger partial charge in [0.25, 0.3) is 0 Å². The molecule has 2 aliphatic heterocycles. The predicted octanol–water partition coefficient (Wildman–Crippen LogP) is 11.3. The second kappa shape index (κ2) is 11.6. The zero-order valence-electron chi connectivity index (χ0n) is 27.4. The highest BCUT2D eigenvalue weighted by Crippen LogP contribution is 2.51. The van der Waals surface area contributed by atoms with Crippen LogP contribution in [0.15, 0.2) is 172 Å². The fourth-order valence-corrected chi connectivity index (χ4v) is 10.7. The number of nitrogens with one attached hydrogen (secondary N) is 2. The third-order valence-electron chi connectivity index (χ3n) is 10.5. The number of thioether (sulfide) groups is 1. The molecule has 0 amide bonds. The molecule has 1 aliphatic carbocycles. The number of para-hydroxylation sites is 2. The average Bonchev–Trinajstić information content (AvgIpc) is 3.88. The van der Waals surface area contributed by atoms with Gasteiger partial charge in [-0.15, -0.1) is 23.1 Å². The third-order valence-corrected chi connectivity index (χ3v) is 13.1. The van der Waals surface area contributed by atoms with Gasteiger partial charge in [-0.25, -0.2) is 4.99 Å². The fraction of sp³-hybridized carbons (Fsp3) is 0.0889. The molecule has 11 rings (SSSR count). The molecule has 0 saturated heterocycles. The van der Waals surface area contributed by atoms with Crippen molar-refractivity contribution in [3.05, 3.63) is 174 Å². The van der Waals surface area contributed by atoms with E-state index in [1.165, 1.54) is 47.3 Å². The Morgan fingerprint density at radius 3 is 2.41 bits per heavy atom. The van der Waals surface area contributed by atoms with E-state index >= 15 is 0 Å². The molecule has 4 heterocycles. The van der Waals surface area contributed by atoms with Gasteiger partial charge in [0, 0.05) is 58.1 Å². The second-order valence-corrected chi connectivity index (χ2v) is 15.8. The number of fused-ring (bicyclic) bond motifs is 9. The lowest BCUT2D eigenvalue weighted by atomic mass is 9.88. The van der Waals surface area contributed by atoms with E-state index in [2.05, 4.69) is 144 Å². The van der Waals surface area contributed by atoms with Gasteiger partial charge in [0.2, 0.25) is 0 Å². The summed E-state index contributed by atoms with van der Waals surface area (Å²) in [5, 5.41) is 12.8.